The third-order valence-corrected chi connectivity index (χ3v) is 2.72. The normalized spacial score (nSPS) is 12.0. The van der Waals surface area contributed by atoms with E-state index in [4.69, 9.17) is 16.3 Å². The summed E-state index contributed by atoms with van der Waals surface area (Å²) in [5, 5.41) is 6.90. The van der Waals surface area contributed by atoms with E-state index >= 15 is 0 Å². The topological polar surface area (TPSA) is 81.4 Å². The molecule has 0 radical (unpaired) electrons. The number of rotatable bonds is 2. The molecule has 114 valence electrons. The number of fused-ring (bicyclic) bond motifs is 1. The van der Waals surface area contributed by atoms with Gasteiger partial charge in [0.05, 0.1) is 17.6 Å². The Morgan fingerprint density at radius 2 is 2.10 bits per heavy atom. The number of hydrogen-bond acceptors (Lipinski definition) is 5. The van der Waals surface area contributed by atoms with Gasteiger partial charge >= 0.3 is 6.09 Å². The summed E-state index contributed by atoms with van der Waals surface area (Å²) in [6, 6.07) is 0. The first-order valence-electron chi connectivity index (χ1n) is 6.58. The van der Waals surface area contributed by atoms with Crippen molar-refractivity contribution in [2.24, 2.45) is 0 Å². The zero-order chi connectivity index (χ0) is 15.8. The Bertz CT molecular complexity index is 675. The van der Waals surface area contributed by atoms with Crippen molar-refractivity contribution in [1.29, 1.82) is 0 Å². The molecule has 0 aliphatic carbocycles. The Hall–Kier alpha value is -1.89. The molecule has 0 aromatic carbocycles. The summed E-state index contributed by atoms with van der Waals surface area (Å²) in [4.78, 5) is 20.0. The van der Waals surface area contributed by atoms with Gasteiger partial charge in [-0.1, -0.05) is 13.8 Å². The molecule has 2 aromatic heterocycles. The van der Waals surface area contributed by atoms with Gasteiger partial charge in [-0.15, -0.1) is 5.10 Å². The van der Waals surface area contributed by atoms with E-state index in [9.17, 15) is 4.79 Å². The van der Waals surface area contributed by atoms with Crippen molar-refractivity contribution in [3.8, 4) is 0 Å². The molecule has 2 heterocycles. The van der Waals surface area contributed by atoms with Crippen LogP contribution in [-0.4, -0.2) is 31.3 Å². The fraction of sp³-hybridized carbons (Fsp3) is 0.538. The van der Waals surface area contributed by atoms with Crippen LogP contribution in [0.15, 0.2) is 6.20 Å². The molecule has 0 atom stereocenters. The summed E-state index contributed by atoms with van der Waals surface area (Å²) in [5.41, 5.74) is 0.703. The molecular formula is C13H18ClN5O2. The molecule has 7 nitrogen and oxygen atoms in total. The SMILES string of the molecule is CC(C)c1c(NC(=O)OC(C)(C)C)cnc2nc(Cl)nn12. The Balaban J connectivity index is 2.39. The van der Waals surface area contributed by atoms with Crippen LogP contribution in [-0.2, 0) is 4.74 Å². The fourth-order valence-electron chi connectivity index (χ4n) is 1.89. The third kappa shape index (κ3) is 3.60. The first-order chi connectivity index (χ1) is 9.67. The van der Waals surface area contributed by atoms with Crippen LogP contribution in [0.2, 0.25) is 5.28 Å². The molecule has 0 saturated carbocycles. The lowest BCUT2D eigenvalue weighted by Gasteiger charge is -2.21. The molecule has 2 aromatic rings. The molecular weight excluding hydrogens is 294 g/mol. The summed E-state index contributed by atoms with van der Waals surface area (Å²) in [6.07, 6.45) is 0.983. The maximum atomic E-state index is 11.9. The van der Waals surface area contributed by atoms with E-state index in [1.807, 2.05) is 13.8 Å². The number of carbonyl (C=O) groups is 1. The minimum Gasteiger partial charge on any atom is -0.444 e. The van der Waals surface area contributed by atoms with Gasteiger partial charge in [0.25, 0.3) is 5.78 Å². The van der Waals surface area contributed by atoms with Gasteiger partial charge in [-0.3, -0.25) is 5.32 Å². The highest BCUT2D eigenvalue weighted by Crippen LogP contribution is 2.25. The number of nitrogens with zero attached hydrogens (tertiary/aromatic N) is 4. The van der Waals surface area contributed by atoms with E-state index < -0.39 is 11.7 Å². The smallest absolute Gasteiger partial charge is 0.412 e. The molecule has 0 aliphatic heterocycles. The van der Waals surface area contributed by atoms with Gasteiger partial charge in [-0.2, -0.15) is 9.50 Å². The number of anilines is 1. The molecule has 8 heteroatoms. The van der Waals surface area contributed by atoms with Crippen molar-refractivity contribution < 1.29 is 9.53 Å². The average Bonchev–Trinajstić information content (AvgIpc) is 2.65. The Labute approximate surface area is 127 Å². The van der Waals surface area contributed by atoms with Crippen LogP contribution in [0.3, 0.4) is 0 Å². The number of carbonyl (C=O) groups excluding carboxylic acids is 1. The molecule has 0 aliphatic rings. The molecule has 0 spiro atoms. The molecule has 21 heavy (non-hydrogen) atoms. The number of halogens is 1. The number of amides is 1. The highest BCUT2D eigenvalue weighted by molar-refractivity contribution is 6.28. The van der Waals surface area contributed by atoms with Gasteiger partial charge in [-0.05, 0) is 38.3 Å². The van der Waals surface area contributed by atoms with Gasteiger partial charge in [0.15, 0.2) is 0 Å². The molecule has 2 rings (SSSR count). The highest BCUT2D eigenvalue weighted by atomic mass is 35.5. The summed E-state index contributed by atoms with van der Waals surface area (Å²) in [7, 11) is 0. The van der Waals surface area contributed by atoms with Crippen LogP contribution >= 0.6 is 11.6 Å². The molecule has 0 saturated heterocycles. The van der Waals surface area contributed by atoms with Crippen molar-refractivity contribution in [1.82, 2.24) is 19.6 Å². The second kappa shape index (κ2) is 5.48. The van der Waals surface area contributed by atoms with Crippen LogP contribution in [0.25, 0.3) is 5.78 Å². The average molecular weight is 312 g/mol. The minimum atomic E-state index is -0.573. The van der Waals surface area contributed by atoms with Gasteiger partial charge in [0, 0.05) is 0 Å². The minimum absolute atomic E-state index is 0.0817. The largest absolute Gasteiger partial charge is 0.444 e. The number of hydrogen-bond donors (Lipinski definition) is 1. The van der Waals surface area contributed by atoms with E-state index in [0.29, 0.717) is 11.5 Å². The van der Waals surface area contributed by atoms with Crippen molar-refractivity contribution in [3.63, 3.8) is 0 Å². The molecule has 0 fully saturated rings. The predicted molar refractivity (Wildman–Crippen MR) is 79.7 cm³/mol. The van der Waals surface area contributed by atoms with Crippen molar-refractivity contribution in [2.75, 3.05) is 5.32 Å². The van der Waals surface area contributed by atoms with E-state index in [0.717, 1.165) is 5.69 Å². The Morgan fingerprint density at radius 1 is 1.43 bits per heavy atom. The van der Waals surface area contributed by atoms with E-state index in [1.54, 1.807) is 20.8 Å². The molecule has 1 N–H and O–H groups in total. The molecule has 0 bridgehead atoms. The van der Waals surface area contributed by atoms with Gasteiger partial charge in [0.1, 0.15) is 5.60 Å². The van der Waals surface area contributed by atoms with Crippen LogP contribution in [0, 0.1) is 0 Å². The lowest BCUT2D eigenvalue weighted by molar-refractivity contribution is 0.0635. The van der Waals surface area contributed by atoms with Gasteiger partial charge in [-0.25, -0.2) is 9.78 Å². The zero-order valence-corrected chi connectivity index (χ0v) is 13.4. The standard InChI is InChI=1S/C13H18ClN5O2/c1-7(2)9-8(16-12(20)21-13(3,4)5)6-15-11-17-10(14)18-19(9)11/h6-7H,1-5H3,(H,16,20). The Morgan fingerprint density at radius 3 is 2.67 bits per heavy atom. The summed E-state index contributed by atoms with van der Waals surface area (Å²) in [5.74, 6) is 0.469. The van der Waals surface area contributed by atoms with E-state index in [2.05, 4.69) is 20.4 Å². The van der Waals surface area contributed by atoms with Crippen LogP contribution in [0.4, 0.5) is 10.5 Å². The maximum absolute atomic E-state index is 11.9. The van der Waals surface area contributed by atoms with Gasteiger partial charge in [0.2, 0.25) is 5.28 Å². The summed E-state index contributed by atoms with van der Waals surface area (Å²) in [6.45, 7) is 9.35. The van der Waals surface area contributed by atoms with Crippen molar-refractivity contribution in [2.45, 2.75) is 46.1 Å². The predicted octanol–water partition coefficient (Wildman–Crippen LogP) is 3.25. The van der Waals surface area contributed by atoms with Crippen molar-refractivity contribution >= 4 is 29.2 Å². The zero-order valence-electron chi connectivity index (χ0n) is 12.6. The van der Waals surface area contributed by atoms with Crippen LogP contribution in [0.5, 0.6) is 0 Å². The molecule has 1 amide bonds. The fourth-order valence-corrected chi connectivity index (χ4v) is 2.04. The number of ether oxygens (including phenoxy) is 1. The first kappa shape index (κ1) is 15.5. The van der Waals surface area contributed by atoms with Gasteiger partial charge < -0.3 is 4.74 Å². The van der Waals surface area contributed by atoms with Crippen LogP contribution in [0.1, 0.15) is 46.2 Å². The lowest BCUT2D eigenvalue weighted by atomic mass is 10.1. The number of nitrogens with one attached hydrogen (secondary N) is 1. The first-order valence-corrected chi connectivity index (χ1v) is 6.96. The van der Waals surface area contributed by atoms with E-state index in [-0.39, 0.29) is 11.2 Å². The number of aromatic nitrogens is 4. The Kier molecular flexibility index (Phi) is 4.04. The second-order valence-electron chi connectivity index (χ2n) is 5.93. The van der Waals surface area contributed by atoms with Crippen LogP contribution < -0.4 is 5.32 Å². The third-order valence-electron chi connectivity index (χ3n) is 2.56. The summed E-state index contributed by atoms with van der Waals surface area (Å²) < 4.78 is 6.77. The second-order valence-corrected chi connectivity index (χ2v) is 6.27. The monoisotopic (exact) mass is 311 g/mol. The quantitative estimate of drug-likeness (QED) is 0.920. The maximum Gasteiger partial charge on any atom is 0.412 e. The molecule has 0 unspecified atom stereocenters. The highest BCUT2D eigenvalue weighted by Gasteiger charge is 2.20. The van der Waals surface area contributed by atoms with E-state index in [1.165, 1.54) is 10.7 Å². The lowest BCUT2D eigenvalue weighted by Crippen LogP contribution is -2.28. The van der Waals surface area contributed by atoms with Crippen molar-refractivity contribution in [3.05, 3.63) is 17.2 Å². The summed E-state index contributed by atoms with van der Waals surface area (Å²) >= 11 is 5.81.